The van der Waals surface area contributed by atoms with Crippen LogP contribution in [0.4, 0.5) is 0 Å². The van der Waals surface area contributed by atoms with Crippen LogP contribution in [0.1, 0.15) is 63.1 Å². The maximum absolute atomic E-state index is 12.2. The zero-order valence-electron chi connectivity index (χ0n) is 15.9. The summed E-state index contributed by atoms with van der Waals surface area (Å²) < 4.78 is 5.29. The van der Waals surface area contributed by atoms with Gasteiger partial charge in [-0.15, -0.1) is 0 Å². The van der Waals surface area contributed by atoms with Crippen LogP contribution in [0.25, 0.3) is 0 Å². The highest BCUT2D eigenvalue weighted by atomic mass is 16.5. The van der Waals surface area contributed by atoms with E-state index in [4.69, 9.17) is 4.52 Å². The van der Waals surface area contributed by atoms with Gasteiger partial charge in [0.25, 0.3) is 5.91 Å². The summed E-state index contributed by atoms with van der Waals surface area (Å²) in [5, 5.41) is 9.59. The summed E-state index contributed by atoms with van der Waals surface area (Å²) in [6.07, 6.45) is 0.159. The molecule has 2 aromatic rings. The summed E-state index contributed by atoms with van der Waals surface area (Å²) in [5.41, 5.74) is -0.463. The smallest absolute Gasteiger partial charge is 0.251 e. The minimum Gasteiger partial charge on any atom is -0.352 e. The van der Waals surface area contributed by atoms with Gasteiger partial charge in [0.05, 0.1) is 5.54 Å². The predicted octanol–water partition coefficient (Wildman–Crippen LogP) is 2.54. The van der Waals surface area contributed by atoms with Crippen molar-refractivity contribution in [1.82, 2.24) is 20.8 Å². The van der Waals surface area contributed by atoms with Crippen molar-refractivity contribution in [3.05, 3.63) is 47.6 Å². The van der Waals surface area contributed by atoms with E-state index in [2.05, 4.69) is 20.8 Å². The molecule has 0 atom stereocenters. The fourth-order valence-corrected chi connectivity index (χ4v) is 2.23. The summed E-state index contributed by atoms with van der Waals surface area (Å²) in [6.45, 7) is 9.80. The summed E-state index contributed by atoms with van der Waals surface area (Å²) in [5.74, 6) is 0.533. The van der Waals surface area contributed by atoms with Gasteiger partial charge in [-0.2, -0.15) is 4.98 Å². The highest BCUT2D eigenvalue weighted by Crippen LogP contribution is 2.23. The van der Waals surface area contributed by atoms with E-state index >= 15 is 0 Å². The average Bonchev–Trinajstić information content (AvgIpc) is 3.06. The molecule has 7 heteroatoms. The van der Waals surface area contributed by atoms with E-state index in [1.54, 1.807) is 24.3 Å². The Hall–Kier alpha value is -2.70. The molecule has 26 heavy (non-hydrogen) atoms. The van der Waals surface area contributed by atoms with Crippen LogP contribution in [0.5, 0.6) is 0 Å². The molecule has 0 saturated carbocycles. The first-order valence-corrected chi connectivity index (χ1v) is 8.58. The van der Waals surface area contributed by atoms with Crippen LogP contribution >= 0.6 is 0 Å². The average molecular weight is 358 g/mol. The van der Waals surface area contributed by atoms with Crippen molar-refractivity contribution in [3.8, 4) is 0 Å². The van der Waals surface area contributed by atoms with Crippen molar-refractivity contribution in [1.29, 1.82) is 0 Å². The second-order valence-corrected chi connectivity index (χ2v) is 7.72. The first-order chi connectivity index (χ1) is 12.1. The molecule has 0 aliphatic heterocycles. The highest BCUT2D eigenvalue weighted by molar-refractivity contribution is 5.94. The van der Waals surface area contributed by atoms with E-state index in [0.717, 1.165) is 0 Å². The molecule has 1 aromatic carbocycles. The van der Waals surface area contributed by atoms with Gasteiger partial charge >= 0.3 is 0 Å². The summed E-state index contributed by atoms with van der Waals surface area (Å²) in [6, 6.07) is 8.88. The number of nitrogens with one attached hydrogen (secondary N) is 2. The lowest BCUT2D eigenvalue weighted by Crippen LogP contribution is -2.43. The SMILES string of the molecule is CC(C)(C)c1nc(C(C)(C)NC(=O)CCNC(=O)c2ccccc2)no1. The Kier molecular flexibility index (Phi) is 5.79. The van der Waals surface area contributed by atoms with E-state index in [1.807, 2.05) is 40.7 Å². The third-order valence-corrected chi connectivity index (χ3v) is 3.75. The largest absolute Gasteiger partial charge is 0.352 e. The number of carbonyl (C=O) groups excluding carboxylic acids is 2. The Morgan fingerprint density at radius 1 is 1.08 bits per heavy atom. The van der Waals surface area contributed by atoms with Crippen LogP contribution in [-0.2, 0) is 15.7 Å². The molecule has 0 fully saturated rings. The van der Waals surface area contributed by atoms with E-state index in [0.29, 0.717) is 17.3 Å². The number of hydrogen-bond donors (Lipinski definition) is 2. The molecule has 140 valence electrons. The maximum Gasteiger partial charge on any atom is 0.251 e. The van der Waals surface area contributed by atoms with Gasteiger partial charge in [0, 0.05) is 23.9 Å². The van der Waals surface area contributed by atoms with Crippen molar-refractivity contribution in [3.63, 3.8) is 0 Å². The Morgan fingerprint density at radius 2 is 1.73 bits per heavy atom. The van der Waals surface area contributed by atoms with Crippen LogP contribution in [-0.4, -0.2) is 28.5 Å². The summed E-state index contributed by atoms with van der Waals surface area (Å²) in [4.78, 5) is 28.6. The molecule has 2 amide bonds. The lowest BCUT2D eigenvalue weighted by atomic mass is 9.97. The second-order valence-electron chi connectivity index (χ2n) is 7.72. The normalized spacial score (nSPS) is 11.9. The van der Waals surface area contributed by atoms with Crippen molar-refractivity contribution in [2.75, 3.05) is 6.54 Å². The number of hydrogen-bond acceptors (Lipinski definition) is 5. The van der Waals surface area contributed by atoms with Gasteiger partial charge in [0.1, 0.15) is 0 Å². The van der Waals surface area contributed by atoms with Crippen LogP contribution in [0, 0.1) is 0 Å². The molecular weight excluding hydrogens is 332 g/mol. The lowest BCUT2D eigenvalue weighted by Gasteiger charge is -2.22. The number of carbonyl (C=O) groups is 2. The van der Waals surface area contributed by atoms with E-state index in [-0.39, 0.29) is 30.2 Å². The first kappa shape index (κ1) is 19.6. The van der Waals surface area contributed by atoms with Gasteiger partial charge in [-0.25, -0.2) is 0 Å². The summed E-state index contributed by atoms with van der Waals surface area (Å²) >= 11 is 0. The van der Waals surface area contributed by atoms with Crippen molar-refractivity contribution >= 4 is 11.8 Å². The molecule has 7 nitrogen and oxygen atoms in total. The zero-order chi connectivity index (χ0) is 19.4. The molecule has 0 aliphatic rings. The van der Waals surface area contributed by atoms with Crippen LogP contribution < -0.4 is 10.6 Å². The molecule has 1 heterocycles. The Morgan fingerprint density at radius 3 is 2.31 bits per heavy atom. The maximum atomic E-state index is 12.2. The quantitative estimate of drug-likeness (QED) is 0.827. The molecule has 0 spiro atoms. The molecule has 2 N–H and O–H groups in total. The third kappa shape index (κ3) is 5.15. The molecule has 0 bridgehead atoms. The molecule has 0 unspecified atom stereocenters. The lowest BCUT2D eigenvalue weighted by molar-refractivity contribution is -0.122. The molecule has 2 rings (SSSR count). The molecule has 0 radical (unpaired) electrons. The molecule has 0 aliphatic carbocycles. The van der Waals surface area contributed by atoms with Crippen molar-refractivity contribution < 1.29 is 14.1 Å². The monoisotopic (exact) mass is 358 g/mol. The van der Waals surface area contributed by atoms with E-state index < -0.39 is 5.54 Å². The Balaban J connectivity index is 1.86. The van der Waals surface area contributed by atoms with E-state index in [9.17, 15) is 9.59 Å². The standard InChI is InChI=1S/C19H26N4O3/c1-18(2,3)17-21-16(23-26-17)19(4,5)22-14(24)11-12-20-15(25)13-9-7-6-8-10-13/h6-10H,11-12H2,1-5H3,(H,20,25)(H,22,24). The van der Waals surface area contributed by atoms with Crippen molar-refractivity contribution in [2.45, 2.75) is 52.0 Å². The Bertz CT molecular complexity index is 761. The second kappa shape index (κ2) is 7.68. The first-order valence-electron chi connectivity index (χ1n) is 8.58. The zero-order valence-corrected chi connectivity index (χ0v) is 15.9. The number of benzene rings is 1. The highest BCUT2D eigenvalue weighted by Gasteiger charge is 2.31. The van der Waals surface area contributed by atoms with Crippen molar-refractivity contribution in [2.24, 2.45) is 0 Å². The van der Waals surface area contributed by atoms with E-state index in [1.165, 1.54) is 0 Å². The summed E-state index contributed by atoms with van der Waals surface area (Å²) in [7, 11) is 0. The topological polar surface area (TPSA) is 97.1 Å². The number of nitrogens with zero attached hydrogens (tertiary/aromatic N) is 2. The van der Waals surface area contributed by atoms with Gasteiger partial charge in [-0.3, -0.25) is 9.59 Å². The fraction of sp³-hybridized carbons (Fsp3) is 0.474. The number of aromatic nitrogens is 2. The van der Waals surface area contributed by atoms with Gasteiger partial charge in [-0.1, -0.05) is 44.1 Å². The number of amides is 2. The molecule has 1 aromatic heterocycles. The molecular formula is C19H26N4O3. The van der Waals surface area contributed by atoms with Crippen LogP contribution in [0.15, 0.2) is 34.9 Å². The number of rotatable bonds is 6. The van der Waals surface area contributed by atoms with Gasteiger partial charge < -0.3 is 15.2 Å². The van der Waals surface area contributed by atoms with Gasteiger partial charge in [0.15, 0.2) is 5.82 Å². The molecule has 0 saturated heterocycles. The van der Waals surface area contributed by atoms with Crippen LogP contribution in [0.3, 0.4) is 0 Å². The minimum absolute atomic E-state index is 0.159. The third-order valence-electron chi connectivity index (χ3n) is 3.75. The van der Waals surface area contributed by atoms with Gasteiger partial charge in [-0.05, 0) is 26.0 Å². The Labute approximate surface area is 153 Å². The van der Waals surface area contributed by atoms with Crippen LogP contribution in [0.2, 0.25) is 0 Å². The minimum atomic E-state index is -0.770. The fourth-order valence-electron chi connectivity index (χ4n) is 2.23. The van der Waals surface area contributed by atoms with Gasteiger partial charge in [0.2, 0.25) is 11.8 Å². The predicted molar refractivity (Wildman–Crippen MR) is 97.6 cm³/mol.